The van der Waals surface area contributed by atoms with Crippen LogP contribution in [-0.4, -0.2) is 21.9 Å². The minimum Gasteiger partial charge on any atom is -0.598 e. The van der Waals surface area contributed by atoms with Gasteiger partial charge < -0.3 is 9.29 Å². The Morgan fingerprint density at radius 3 is 2.37 bits per heavy atom. The average Bonchev–Trinajstić information content (AvgIpc) is 2.35. The van der Waals surface area contributed by atoms with Crippen molar-refractivity contribution in [3.05, 3.63) is 35.4 Å². The summed E-state index contributed by atoms with van der Waals surface area (Å²) in [6.07, 6.45) is 0. The lowest BCUT2D eigenvalue weighted by Crippen LogP contribution is -2.38. The van der Waals surface area contributed by atoms with Crippen LogP contribution in [0.4, 0.5) is 0 Å². The van der Waals surface area contributed by atoms with E-state index in [-0.39, 0.29) is 10.7 Å². The van der Waals surface area contributed by atoms with Gasteiger partial charge in [0.05, 0.1) is 18.7 Å². The van der Waals surface area contributed by atoms with E-state index in [1.54, 1.807) is 19.1 Å². The molecule has 0 aliphatic heterocycles. The van der Waals surface area contributed by atoms with Crippen LogP contribution in [0.25, 0.3) is 0 Å². The van der Waals surface area contributed by atoms with Crippen molar-refractivity contribution in [3.63, 3.8) is 0 Å². The van der Waals surface area contributed by atoms with Gasteiger partial charge in [0.2, 0.25) is 0 Å². The number of hydrogen-bond acceptors (Lipinski definition) is 4. The summed E-state index contributed by atoms with van der Waals surface area (Å²) in [5, 5.41) is 0. The molecule has 0 amide bonds. The zero-order valence-corrected chi connectivity index (χ0v) is 12.7. The molecule has 0 bridgehead atoms. The van der Waals surface area contributed by atoms with Crippen molar-refractivity contribution in [2.24, 2.45) is 0 Å². The molecule has 1 aromatic rings. The molecular formula is C14H21NO3S. The summed E-state index contributed by atoms with van der Waals surface area (Å²) in [6.45, 7) is 8.40. The van der Waals surface area contributed by atoms with Gasteiger partial charge in [-0.25, -0.2) is 4.79 Å². The molecule has 1 rings (SSSR count). The third kappa shape index (κ3) is 5.22. The maximum Gasteiger partial charge on any atom is 0.338 e. The molecule has 0 fully saturated rings. The summed E-state index contributed by atoms with van der Waals surface area (Å²) in [5.41, 5.74) is 1.51. The van der Waals surface area contributed by atoms with Crippen molar-refractivity contribution in [1.29, 1.82) is 0 Å². The molecule has 0 aromatic heterocycles. The lowest BCUT2D eigenvalue weighted by molar-refractivity contribution is 0.0526. The minimum atomic E-state index is -1.10. The highest BCUT2D eigenvalue weighted by Crippen LogP contribution is 2.14. The maximum atomic E-state index is 11.8. The van der Waals surface area contributed by atoms with Gasteiger partial charge >= 0.3 is 5.97 Å². The van der Waals surface area contributed by atoms with Crippen LogP contribution in [0.5, 0.6) is 0 Å². The summed E-state index contributed by atoms with van der Waals surface area (Å²) in [6, 6.07) is 7.10. The number of rotatable bonds is 5. The average molecular weight is 283 g/mol. The van der Waals surface area contributed by atoms with E-state index in [0.29, 0.717) is 18.7 Å². The zero-order chi connectivity index (χ0) is 14.5. The lowest BCUT2D eigenvalue weighted by Gasteiger charge is -2.23. The SMILES string of the molecule is CCOC(=O)c1ccc(CN[S@@+]([O-])C(C)(C)C)cc1. The molecule has 1 aromatic carbocycles. The van der Waals surface area contributed by atoms with Crippen molar-refractivity contribution in [2.45, 2.75) is 39.0 Å². The van der Waals surface area contributed by atoms with Crippen molar-refractivity contribution < 1.29 is 14.1 Å². The van der Waals surface area contributed by atoms with Gasteiger partial charge in [-0.3, -0.25) is 0 Å². The van der Waals surface area contributed by atoms with Crippen LogP contribution in [0, 0.1) is 0 Å². The summed E-state index contributed by atoms with van der Waals surface area (Å²) in [7, 11) is 0. The molecule has 0 saturated heterocycles. The molecule has 0 heterocycles. The molecule has 0 aliphatic rings. The summed E-state index contributed by atoms with van der Waals surface area (Å²) in [4.78, 5) is 11.5. The van der Waals surface area contributed by atoms with E-state index in [2.05, 4.69) is 4.72 Å². The summed E-state index contributed by atoms with van der Waals surface area (Å²) < 4.78 is 19.4. The minimum absolute atomic E-state index is 0.287. The Bertz CT molecular complexity index is 412. The molecule has 0 spiro atoms. The van der Waals surface area contributed by atoms with Gasteiger partial charge in [0, 0.05) is 11.4 Å². The normalized spacial score (nSPS) is 13.1. The van der Waals surface area contributed by atoms with Crippen LogP contribution in [0.2, 0.25) is 0 Å². The number of ether oxygens (including phenoxy) is 1. The molecule has 106 valence electrons. The standard InChI is InChI=1S/C14H21NO3S/c1-5-18-13(16)12-8-6-11(7-9-12)10-15-19(17)14(2,3)4/h6-9,15H,5,10H2,1-4H3/t19-/m0/s1. The molecule has 19 heavy (non-hydrogen) atoms. The first kappa shape index (κ1) is 16.0. The van der Waals surface area contributed by atoms with E-state index in [1.165, 1.54) is 0 Å². The first-order chi connectivity index (χ1) is 8.84. The molecule has 1 atom stereocenters. The number of carbonyl (C=O) groups is 1. The summed E-state index contributed by atoms with van der Waals surface area (Å²) in [5.74, 6) is -0.319. The summed E-state index contributed by atoms with van der Waals surface area (Å²) >= 11 is -1.10. The van der Waals surface area contributed by atoms with Gasteiger partial charge in [-0.15, -0.1) is 4.72 Å². The molecule has 1 N–H and O–H groups in total. The quantitative estimate of drug-likeness (QED) is 0.666. The third-order valence-electron chi connectivity index (χ3n) is 2.43. The second kappa shape index (κ2) is 6.93. The zero-order valence-electron chi connectivity index (χ0n) is 11.9. The predicted octanol–water partition coefficient (Wildman–Crippen LogP) is 2.42. The fourth-order valence-corrected chi connectivity index (χ4v) is 2.07. The molecule has 0 saturated carbocycles. The third-order valence-corrected chi connectivity index (χ3v) is 3.95. The Balaban J connectivity index is 2.56. The maximum absolute atomic E-state index is 11.8. The van der Waals surface area contributed by atoms with Gasteiger partial charge in [0.25, 0.3) is 0 Å². The smallest absolute Gasteiger partial charge is 0.338 e. The van der Waals surface area contributed by atoms with Crippen molar-refractivity contribution in [2.75, 3.05) is 6.61 Å². The second-order valence-corrected chi connectivity index (χ2v) is 7.17. The highest BCUT2D eigenvalue weighted by Gasteiger charge is 2.25. The highest BCUT2D eigenvalue weighted by molar-refractivity contribution is 7.90. The number of carbonyl (C=O) groups excluding carboxylic acids is 1. The first-order valence-corrected chi connectivity index (χ1v) is 7.41. The van der Waals surface area contributed by atoms with E-state index in [9.17, 15) is 9.35 Å². The molecule has 4 nitrogen and oxygen atoms in total. The molecule has 5 heteroatoms. The fourth-order valence-electron chi connectivity index (χ4n) is 1.34. The largest absolute Gasteiger partial charge is 0.598 e. The van der Waals surface area contributed by atoms with E-state index < -0.39 is 11.4 Å². The molecular weight excluding hydrogens is 262 g/mol. The number of hydrogen-bond donors (Lipinski definition) is 1. The first-order valence-electron chi connectivity index (χ1n) is 6.26. The highest BCUT2D eigenvalue weighted by atomic mass is 32.2. The van der Waals surface area contributed by atoms with Gasteiger partial charge in [-0.2, -0.15) is 0 Å². The van der Waals surface area contributed by atoms with Gasteiger partial charge in [0.15, 0.2) is 0 Å². The number of nitrogens with one attached hydrogen (secondary N) is 1. The predicted molar refractivity (Wildman–Crippen MR) is 77.1 cm³/mol. The van der Waals surface area contributed by atoms with Crippen LogP contribution in [0.3, 0.4) is 0 Å². The van der Waals surface area contributed by atoms with Crippen LogP contribution >= 0.6 is 0 Å². The molecule has 0 radical (unpaired) electrons. The van der Waals surface area contributed by atoms with Crippen LogP contribution in [-0.2, 0) is 22.6 Å². The molecule has 0 aliphatic carbocycles. The van der Waals surface area contributed by atoms with E-state index in [4.69, 9.17) is 4.74 Å². The van der Waals surface area contributed by atoms with E-state index in [1.807, 2.05) is 32.9 Å². The second-order valence-electron chi connectivity index (χ2n) is 5.12. The topological polar surface area (TPSA) is 61.4 Å². The Morgan fingerprint density at radius 2 is 1.89 bits per heavy atom. The Labute approximate surface area is 117 Å². The monoisotopic (exact) mass is 283 g/mol. The van der Waals surface area contributed by atoms with Crippen molar-refractivity contribution in [3.8, 4) is 0 Å². The van der Waals surface area contributed by atoms with Gasteiger partial charge in [0.1, 0.15) is 4.75 Å². The van der Waals surface area contributed by atoms with Crippen molar-refractivity contribution in [1.82, 2.24) is 4.72 Å². The Hall–Kier alpha value is -1.04. The number of benzene rings is 1. The van der Waals surface area contributed by atoms with Crippen LogP contribution in [0.1, 0.15) is 43.6 Å². The Kier molecular flexibility index (Phi) is 5.85. The van der Waals surface area contributed by atoms with E-state index >= 15 is 0 Å². The fraction of sp³-hybridized carbons (Fsp3) is 0.500. The molecule has 0 unspecified atom stereocenters. The van der Waals surface area contributed by atoms with Gasteiger partial charge in [-0.05, 0) is 45.4 Å². The lowest BCUT2D eigenvalue weighted by atomic mass is 10.1. The van der Waals surface area contributed by atoms with Crippen LogP contribution in [0.15, 0.2) is 24.3 Å². The van der Waals surface area contributed by atoms with Crippen molar-refractivity contribution >= 4 is 17.3 Å². The van der Waals surface area contributed by atoms with E-state index in [0.717, 1.165) is 5.56 Å². The Morgan fingerprint density at radius 1 is 1.32 bits per heavy atom. The van der Waals surface area contributed by atoms with Crippen LogP contribution < -0.4 is 4.72 Å². The number of esters is 1. The van der Waals surface area contributed by atoms with Gasteiger partial charge in [-0.1, -0.05) is 12.1 Å².